The van der Waals surface area contributed by atoms with Crippen LogP contribution < -0.4 is 0 Å². The highest BCUT2D eigenvalue weighted by atomic mass is 14.5. The van der Waals surface area contributed by atoms with Gasteiger partial charge in [0.1, 0.15) is 0 Å². The van der Waals surface area contributed by atoms with Gasteiger partial charge in [-0.2, -0.15) is 0 Å². The summed E-state index contributed by atoms with van der Waals surface area (Å²) in [5.41, 5.74) is 0. The second kappa shape index (κ2) is 4.89. The zero-order valence-electron chi connectivity index (χ0n) is 10.8. The zero-order valence-corrected chi connectivity index (χ0v) is 10.8. The third kappa shape index (κ3) is 3.23. The van der Waals surface area contributed by atoms with Crippen molar-refractivity contribution in [2.45, 2.75) is 65.7 Å². The summed E-state index contributed by atoms with van der Waals surface area (Å²) in [6.45, 7) is 7.23. The third-order valence-corrected chi connectivity index (χ3v) is 4.91. The minimum atomic E-state index is 1.03. The molecular weight excluding hydrogens is 180 g/mol. The van der Waals surface area contributed by atoms with Crippen LogP contribution in [-0.4, -0.2) is 0 Å². The Hall–Kier alpha value is 0. The van der Waals surface area contributed by atoms with Gasteiger partial charge in [-0.3, -0.25) is 0 Å². The Bertz CT molecular complexity index is 196. The van der Waals surface area contributed by atoms with Crippen LogP contribution in [0.3, 0.4) is 0 Å². The van der Waals surface area contributed by atoms with E-state index in [1.807, 2.05) is 0 Å². The molecule has 0 aromatic rings. The molecule has 88 valence electrons. The molecule has 5 unspecified atom stereocenters. The monoisotopic (exact) mass is 208 g/mol. The lowest BCUT2D eigenvalue weighted by Gasteiger charge is -2.10. The van der Waals surface area contributed by atoms with Crippen molar-refractivity contribution >= 4 is 0 Å². The van der Waals surface area contributed by atoms with Gasteiger partial charge in [0.15, 0.2) is 0 Å². The van der Waals surface area contributed by atoms with Crippen molar-refractivity contribution in [3.63, 3.8) is 0 Å². The van der Waals surface area contributed by atoms with E-state index < -0.39 is 0 Å². The molecule has 0 nitrogen and oxygen atoms in total. The van der Waals surface area contributed by atoms with Gasteiger partial charge in [-0.1, -0.05) is 46.5 Å². The van der Waals surface area contributed by atoms with Crippen LogP contribution in [0, 0.1) is 29.6 Å². The molecule has 2 saturated carbocycles. The molecule has 0 spiro atoms. The van der Waals surface area contributed by atoms with E-state index in [2.05, 4.69) is 20.8 Å². The molecular formula is C15H28. The predicted octanol–water partition coefficient (Wildman–Crippen LogP) is 4.89. The van der Waals surface area contributed by atoms with Gasteiger partial charge in [-0.15, -0.1) is 0 Å². The summed E-state index contributed by atoms with van der Waals surface area (Å²) in [6.07, 6.45) is 10.5. The van der Waals surface area contributed by atoms with Crippen LogP contribution in [-0.2, 0) is 0 Å². The lowest BCUT2D eigenvalue weighted by atomic mass is 9.95. The predicted molar refractivity (Wildman–Crippen MR) is 66.8 cm³/mol. The summed E-state index contributed by atoms with van der Waals surface area (Å²) in [7, 11) is 0. The van der Waals surface area contributed by atoms with Crippen LogP contribution in [0.25, 0.3) is 0 Å². The fourth-order valence-electron chi connectivity index (χ4n) is 3.26. The largest absolute Gasteiger partial charge is 0.0654 e. The molecule has 2 fully saturated rings. The van der Waals surface area contributed by atoms with Gasteiger partial charge in [0.25, 0.3) is 0 Å². The summed E-state index contributed by atoms with van der Waals surface area (Å²) in [4.78, 5) is 0. The van der Waals surface area contributed by atoms with Crippen molar-refractivity contribution < 1.29 is 0 Å². The van der Waals surface area contributed by atoms with E-state index in [4.69, 9.17) is 0 Å². The minimum absolute atomic E-state index is 1.03. The SMILES string of the molecule is CCCCC1CC1C(C)CCC1CC1C. The van der Waals surface area contributed by atoms with Gasteiger partial charge in [-0.05, 0) is 48.9 Å². The molecule has 0 heterocycles. The minimum Gasteiger partial charge on any atom is -0.0654 e. The second-order valence-electron chi connectivity index (χ2n) is 6.33. The van der Waals surface area contributed by atoms with Crippen molar-refractivity contribution in [2.75, 3.05) is 0 Å². The Labute approximate surface area is 95.8 Å². The smallest absolute Gasteiger partial charge is 0.0357 e. The molecule has 0 aromatic carbocycles. The van der Waals surface area contributed by atoms with Crippen LogP contribution in [0.2, 0.25) is 0 Å². The topological polar surface area (TPSA) is 0 Å². The Morgan fingerprint density at radius 1 is 1.13 bits per heavy atom. The number of unbranched alkanes of at least 4 members (excludes halogenated alkanes) is 1. The fourth-order valence-corrected chi connectivity index (χ4v) is 3.26. The normalized spacial score (nSPS) is 40.2. The van der Waals surface area contributed by atoms with Gasteiger partial charge in [-0.25, -0.2) is 0 Å². The second-order valence-corrected chi connectivity index (χ2v) is 6.33. The van der Waals surface area contributed by atoms with Gasteiger partial charge in [0, 0.05) is 0 Å². The fraction of sp³-hybridized carbons (Fsp3) is 1.00. The van der Waals surface area contributed by atoms with Crippen molar-refractivity contribution in [3.8, 4) is 0 Å². The van der Waals surface area contributed by atoms with E-state index in [0.717, 1.165) is 29.6 Å². The quantitative estimate of drug-likeness (QED) is 0.559. The molecule has 0 amide bonds. The maximum atomic E-state index is 2.50. The van der Waals surface area contributed by atoms with E-state index in [9.17, 15) is 0 Å². The molecule has 0 radical (unpaired) electrons. The molecule has 2 aliphatic carbocycles. The van der Waals surface area contributed by atoms with Gasteiger partial charge < -0.3 is 0 Å². The van der Waals surface area contributed by atoms with E-state index >= 15 is 0 Å². The highest BCUT2D eigenvalue weighted by Gasteiger charge is 2.40. The Kier molecular flexibility index (Phi) is 3.74. The maximum Gasteiger partial charge on any atom is -0.0357 e. The molecule has 2 rings (SSSR count). The van der Waals surface area contributed by atoms with E-state index in [-0.39, 0.29) is 0 Å². The molecule has 15 heavy (non-hydrogen) atoms. The lowest BCUT2D eigenvalue weighted by molar-refractivity contribution is 0.404. The maximum absolute atomic E-state index is 2.50. The molecule has 0 bridgehead atoms. The molecule has 0 saturated heterocycles. The zero-order chi connectivity index (χ0) is 10.8. The van der Waals surface area contributed by atoms with Crippen LogP contribution >= 0.6 is 0 Å². The molecule has 0 aliphatic heterocycles. The van der Waals surface area contributed by atoms with E-state index in [0.29, 0.717) is 0 Å². The Balaban J connectivity index is 1.55. The molecule has 0 N–H and O–H groups in total. The first-order valence-electron chi connectivity index (χ1n) is 7.22. The standard InChI is InChI=1S/C15H28/c1-4-5-6-14-10-15(14)11(2)7-8-13-9-12(13)3/h11-15H,4-10H2,1-3H3. The molecule has 0 aromatic heterocycles. The molecule has 0 heteroatoms. The summed E-state index contributed by atoms with van der Waals surface area (Å²) in [5, 5.41) is 0. The average Bonchev–Trinajstić information content (AvgIpc) is 3.09. The van der Waals surface area contributed by atoms with Crippen LogP contribution in [0.15, 0.2) is 0 Å². The van der Waals surface area contributed by atoms with Crippen LogP contribution in [0.4, 0.5) is 0 Å². The Morgan fingerprint density at radius 2 is 1.87 bits per heavy atom. The van der Waals surface area contributed by atoms with Crippen LogP contribution in [0.1, 0.15) is 65.7 Å². The highest BCUT2D eigenvalue weighted by Crippen LogP contribution is 2.50. The summed E-state index contributed by atoms with van der Waals surface area (Å²) in [6, 6.07) is 0. The van der Waals surface area contributed by atoms with E-state index in [1.165, 1.54) is 38.5 Å². The summed E-state index contributed by atoms with van der Waals surface area (Å²) < 4.78 is 0. The number of hydrogen-bond acceptors (Lipinski definition) is 0. The van der Waals surface area contributed by atoms with Gasteiger partial charge in [0.2, 0.25) is 0 Å². The Morgan fingerprint density at radius 3 is 2.47 bits per heavy atom. The van der Waals surface area contributed by atoms with Crippen molar-refractivity contribution in [2.24, 2.45) is 29.6 Å². The van der Waals surface area contributed by atoms with Crippen molar-refractivity contribution in [1.82, 2.24) is 0 Å². The first kappa shape index (κ1) is 11.5. The summed E-state index contributed by atoms with van der Waals surface area (Å²) >= 11 is 0. The highest BCUT2D eigenvalue weighted by molar-refractivity contribution is 4.91. The van der Waals surface area contributed by atoms with Crippen molar-refractivity contribution in [3.05, 3.63) is 0 Å². The van der Waals surface area contributed by atoms with Gasteiger partial charge in [0.05, 0.1) is 0 Å². The number of hydrogen-bond donors (Lipinski definition) is 0. The van der Waals surface area contributed by atoms with Crippen molar-refractivity contribution in [1.29, 1.82) is 0 Å². The van der Waals surface area contributed by atoms with Gasteiger partial charge >= 0.3 is 0 Å². The number of rotatable bonds is 7. The molecule has 5 atom stereocenters. The summed E-state index contributed by atoms with van der Waals surface area (Å²) in [5.74, 6) is 5.44. The first-order chi connectivity index (χ1) is 7.22. The third-order valence-electron chi connectivity index (χ3n) is 4.91. The van der Waals surface area contributed by atoms with E-state index in [1.54, 1.807) is 6.42 Å². The molecule has 2 aliphatic rings. The average molecular weight is 208 g/mol. The lowest BCUT2D eigenvalue weighted by Crippen LogP contribution is -2.00. The first-order valence-corrected chi connectivity index (χ1v) is 7.22. The van der Waals surface area contributed by atoms with Crippen LogP contribution in [0.5, 0.6) is 0 Å².